The van der Waals surface area contributed by atoms with Gasteiger partial charge in [-0.15, -0.1) is 0 Å². The van der Waals surface area contributed by atoms with Gasteiger partial charge >= 0.3 is 12.1 Å². The maximum absolute atomic E-state index is 12.6. The molecule has 0 unspecified atom stereocenters. The Bertz CT molecular complexity index is 601. The highest BCUT2D eigenvalue weighted by molar-refractivity contribution is 5.93. The van der Waals surface area contributed by atoms with E-state index in [9.17, 15) is 18.0 Å². The quantitative estimate of drug-likeness (QED) is 0.837. The number of carboxylic acid groups (broad SMARTS) is 1. The third kappa shape index (κ3) is 1.83. The van der Waals surface area contributed by atoms with Gasteiger partial charge in [-0.3, -0.25) is 4.40 Å². The summed E-state index contributed by atoms with van der Waals surface area (Å²) >= 11 is 0. The number of fused-ring (bicyclic) bond motifs is 1. The first kappa shape index (κ1) is 11.4. The van der Waals surface area contributed by atoms with Crippen LogP contribution >= 0.6 is 0 Å². The summed E-state index contributed by atoms with van der Waals surface area (Å²) in [7, 11) is 0. The number of aromatic nitrogens is 2. The van der Waals surface area contributed by atoms with Crippen molar-refractivity contribution in [2.75, 3.05) is 0 Å². The normalized spacial score (nSPS) is 12.0. The lowest BCUT2D eigenvalue weighted by Crippen LogP contribution is -2.10. The van der Waals surface area contributed by atoms with E-state index in [4.69, 9.17) is 5.11 Å². The van der Waals surface area contributed by atoms with E-state index >= 15 is 0 Å². The molecule has 0 spiro atoms. The van der Waals surface area contributed by atoms with Crippen molar-refractivity contribution in [3.05, 3.63) is 35.4 Å². The van der Waals surface area contributed by atoms with Gasteiger partial charge in [-0.2, -0.15) is 13.2 Å². The van der Waals surface area contributed by atoms with Crippen LogP contribution in [0.1, 0.15) is 21.9 Å². The minimum Gasteiger partial charge on any atom is -0.476 e. The summed E-state index contributed by atoms with van der Waals surface area (Å²) in [4.78, 5) is 14.0. The highest BCUT2D eigenvalue weighted by atomic mass is 19.4. The first-order valence-corrected chi connectivity index (χ1v) is 4.60. The van der Waals surface area contributed by atoms with Crippen LogP contribution in [0, 0.1) is 6.92 Å². The summed E-state index contributed by atoms with van der Waals surface area (Å²) < 4.78 is 38.6. The first-order chi connectivity index (χ1) is 7.80. The van der Waals surface area contributed by atoms with Gasteiger partial charge in [0.25, 0.3) is 0 Å². The third-order valence-electron chi connectivity index (χ3n) is 2.26. The number of rotatable bonds is 1. The number of hydrogen-bond donors (Lipinski definition) is 1. The molecular formula is C10H7F3N2O2. The van der Waals surface area contributed by atoms with Crippen molar-refractivity contribution in [3.63, 3.8) is 0 Å². The smallest absolute Gasteiger partial charge is 0.450 e. The second-order valence-electron chi connectivity index (χ2n) is 3.55. The zero-order chi connectivity index (χ0) is 12.8. The van der Waals surface area contributed by atoms with E-state index in [1.165, 1.54) is 12.1 Å². The fourth-order valence-corrected chi connectivity index (χ4v) is 1.55. The average molecular weight is 244 g/mol. The van der Waals surface area contributed by atoms with Gasteiger partial charge in [0, 0.05) is 6.20 Å². The molecule has 0 saturated carbocycles. The Labute approximate surface area is 93.3 Å². The number of carboxylic acids is 1. The van der Waals surface area contributed by atoms with Crippen molar-refractivity contribution in [2.24, 2.45) is 0 Å². The van der Waals surface area contributed by atoms with Crippen LogP contribution in [0.5, 0.6) is 0 Å². The number of aromatic carboxylic acids is 1. The van der Waals surface area contributed by atoms with Gasteiger partial charge in [0.05, 0.1) is 5.52 Å². The van der Waals surface area contributed by atoms with Crippen molar-refractivity contribution >= 4 is 11.5 Å². The maximum Gasteiger partial charge on any atom is 0.450 e. The van der Waals surface area contributed by atoms with Crippen molar-refractivity contribution in [3.8, 4) is 0 Å². The van der Waals surface area contributed by atoms with Crippen LogP contribution in [0.15, 0.2) is 18.3 Å². The molecule has 0 fully saturated rings. The minimum atomic E-state index is -4.69. The number of imidazole rings is 1. The number of carbonyl (C=O) groups is 1. The molecule has 0 bridgehead atoms. The van der Waals surface area contributed by atoms with E-state index in [0.29, 0.717) is 5.56 Å². The number of alkyl halides is 3. The van der Waals surface area contributed by atoms with Crippen molar-refractivity contribution < 1.29 is 23.1 Å². The van der Waals surface area contributed by atoms with E-state index in [-0.39, 0.29) is 5.52 Å². The second kappa shape index (κ2) is 3.47. The molecule has 2 aromatic heterocycles. The van der Waals surface area contributed by atoms with Gasteiger partial charge < -0.3 is 5.11 Å². The highest BCUT2D eigenvalue weighted by Gasteiger charge is 2.38. The summed E-state index contributed by atoms with van der Waals surface area (Å²) in [6, 6.07) is 2.81. The van der Waals surface area contributed by atoms with E-state index in [0.717, 1.165) is 10.6 Å². The Hall–Kier alpha value is -2.05. The molecule has 4 nitrogen and oxygen atoms in total. The number of hydrogen-bond acceptors (Lipinski definition) is 2. The molecule has 17 heavy (non-hydrogen) atoms. The van der Waals surface area contributed by atoms with Crippen molar-refractivity contribution in [2.45, 2.75) is 13.1 Å². The van der Waals surface area contributed by atoms with Crippen molar-refractivity contribution in [1.82, 2.24) is 9.38 Å². The summed E-state index contributed by atoms with van der Waals surface area (Å²) in [6.07, 6.45) is -3.53. The van der Waals surface area contributed by atoms with Gasteiger partial charge in [-0.1, -0.05) is 0 Å². The van der Waals surface area contributed by atoms with Crippen molar-refractivity contribution in [1.29, 1.82) is 0 Å². The second-order valence-corrected chi connectivity index (χ2v) is 3.55. The molecule has 0 aliphatic rings. The monoisotopic (exact) mass is 244 g/mol. The Morgan fingerprint density at radius 1 is 1.47 bits per heavy atom. The zero-order valence-corrected chi connectivity index (χ0v) is 8.62. The van der Waals surface area contributed by atoms with Crippen LogP contribution in [0.2, 0.25) is 0 Å². The fourth-order valence-electron chi connectivity index (χ4n) is 1.55. The molecule has 0 aliphatic heterocycles. The molecule has 7 heteroatoms. The molecular weight excluding hydrogens is 237 g/mol. The lowest BCUT2D eigenvalue weighted by molar-refractivity contribution is -0.145. The number of nitrogens with zero attached hydrogens (tertiary/aromatic N) is 2. The average Bonchev–Trinajstić information content (AvgIpc) is 2.55. The van der Waals surface area contributed by atoms with E-state index in [2.05, 4.69) is 4.98 Å². The molecule has 0 saturated heterocycles. The maximum atomic E-state index is 12.6. The van der Waals surface area contributed by atoms with Crippen LogP contribution in [0.25, 0.3) is 5.52 Å². The molecule has 0 atom stereocenters. The zero-order valence-electron chi connectivity index (χ0n) is 8.62. The standard InChI is InChI=1S/C10H7F3N2O2/c1-5-2-3-15-6(4-5)7(8(16)17)14-9(15)10(11,12)13/h2-4H,1H3,(H,16,17). The molecule has 1 N–H and O–H groups in total. The Morgan fingerprint density at radius 2 is 2.12 bits per heavy atom. The molecule has 0 aliphatic carbocycles. The van der Waals surface area contributed by atoms with Gasteiger partial charge in [-0.25, -0.2) is 9.78 Å². The van der Waals surface area contributed by atoms with Crippen LogP contribution in [-0.4, -0.2) is 20.5 Å². The van der Waals surface area contributed by atoms with E-state index < -0.39 is 23.7 Å². The third-order valence-corrected chi connectivity index (χ3v) is 2.26. The van der Waals surface area contributed by atoms with Crippen LogP contribution in [0.4, 0.5) is 13.2 Å². The van der Waals surface area contributed by atoms with Crippen LogP contribution in [0.3, 0.4) is 0 Å². The first-order valence-electron chi connectivity index (χ1n) is 4.60. The number of halogens is 3. The molecule has 0 amide bonds. The van der Waals surface area contributed by atoms with Gasteiger partial charge in [0.15, 0.2) is 5.69 Å². The summed E-state index contributed by atoms with van der Waals surface area (Å²) in [5.74, 6) is -2.71. The SMILES string of the molecule is Cc1ccn2c(C(F)(F)F)nc(C(=O)O)c2c1. The van der Waals surface area contributed by atoms with Crippen LogP contribution in [-0.2, 0) is 6.18 Å². The minimum absolute atomic E-state index is 0.0650. The molecule has 90 valence electrons. The number of pyridine rings is 1. The van der Waals surface area contributed by atoms with E-state index in [1.807, 2.05) is 0 Å². The van der Waals surface area contributed by atoms with Crippen LogP contribution < -0.4 is 0 Å². The predicted octanol–water partition coefficient (Wildman–Crippen LogP) is 2.36. The summed E-state index contributed by atoms with van der Waals surface area (Å²) in [5.41, 5.74) is -0.000487. The fraction of sp³-hybridized carbons (Fsp3) is 0.200. The number of aryl methyl sites for hydroxylation is 1. The molecule has 2 rings (SSSR count). The Kier molecular flexibility index (Phi) is 2.34. The molecule has 0 radical (unpaired) electrons. The Balaban J connectivity index is 2.85. The highest BCUT2D eigenvalue weighted by Crippen LogP contribution is 2.30. The summed E-state index contributed by atoms with van der Waals surface area (Å²) in [5, 5.41) is 8.81. The topological polar surface area (TPSA) is 54.6 Å². The lowest BCUT2D eigenvalue weighted by atomic mass is 10.2. The van der Waals surface area contributed by atoms with Gasteiger partial charge in [0.1, 0.15) is 0 Å². The predicted molar refractivity (Wildman–Crippen MR) is 51.9 cm³/mol. The van der Waals surface area contributed by atoms with Gasteiger partial charge in [0.2, 0.25) is 5.82 Å². The van der Waals surface area contributed by atoms with Gasteiger partial charge in [-0.05, 0) is 24.6 Å². The van der Waals surface area contributed by atoms with E-state index in [1.54, 1.807) is 6.92 Å². The lowest BCUT2D eigenvalue weighted by Gasteiger charge is -2.04. The molecule has 2 heterocycles. The largest absolute Gasteiger partial charge is 0.476 e. The molecule has 2 aromatic rings. The Morgan fingerprint density at radius 3 is 2.65 bits per heavy atom. The summed E-state index contributed by atoms with van der Waals surface area (Å²) in [6.45, 7) is 1.66. The molecule has 0 aromatic carbocycles.